The number of carbonyl (C=O) groups is 1. The Morgan fingerprint density at radius 1 is 1.21 bits per heavy atom. The second-order valence-electron chi connectivity index (χ2n) is 4.84. The van der Waals surface area contributed by atoms with Gasteiger partial charge in [0, 0.05) is 10.7 Å². The van der Waals surface area contributed by atoms with E-state index in [9.17, 15) is 4.79 Å². The quantitative estimate of drug-likeness (QED) is 0.727. The first-order chi connectivity index (χ1) is 11.5. The Balaban J connectivity index is 2.14. The normalized spacial score (nSPS) is 10.3. The second kappa shape index (κ2) is 8.89. The molecule has 1 amide bonds. The zero-order valence-electron chi connectivity index (χ0n) is 13.4. The number of amides is 1. The molecule has 0 radical (unpaired) electrons. The fourth-order valence-corrected chi connectivity index (χ4v) is 2.63. The van der Waals surface area contributed by atoms with Gasteiger partial charge in [-0.05, 0) is 43.7 Å². The molecule has 1 aromatic carbocycles. The summed E-state index contributed by atoms with van der Waals surface area (Å²) in [5.41, 5.74) is 0.799. The second-order valence-corrected chi connectivity index (χ2v) is 6.13. The SMILES string of the molecule is CCOc1cc(Br)c(CC(=O)Nc2ccc(Cl)cn2)cc1OCC. The molecule has 1 N–H and O–H groups in total. The van der Waals surface area contributed by atoms with Crippen LogP contribution in [0.5, 0.6) is 11.5 Å². The Bertz CT molecular complexity index is 708. The number of ether oxygens (including phenoxy) is 2. The smallest absolute Gasteiger partial charge is 0.229 e. The zero-order valence-corrected chi connectivity index (χ0v) is 15.8. The molecule has 24 heavy (non-hydrogen) atoms. The van der Waals surface area contributed by atoms with Crippen molar-refractivity contribution in [3.05, 3.63) is 45.5 Å². The highest BCUT2D eigenvalue weighted by atomic mass is 79.9. The first-order valence-corrected chi connectivity index (χ1v) is 8.70. The van der Waals surface area contributed by atoms with Crippen LogP contribution < -0.4 is 14.8 Å². The lowest BCUT2D eigenvalue weighted by atomic mass is 10.1. The highest BCUT2D eigenvalue weighted by molar-refractivity contribution is 9.10. The van der Waals surface area contributed by atoms with Crippen molar-refractivity contribution in [2.75, 3.05) is 18.5 Å². The van der Waals surface area contributed by atoms with Gasteiger partial charge >= 0.3 is 0 Å². The summed E-state index contributed by atoms with van der Waals surface area (Å²) in [6.07, 6.45) is 1.66. The average Bonchev–Trinajstić information content (AvgIpc) is 2.54. The minimum Gasteiger partial charge on any atom is -0.490 e. The Morgan fingerprint density at radius 3 is 2.46 bits per heavy atom. The van der Waals surface area contributed by atoms with Gasteiger partial charge in [0.1, 0.15) is 5.82 Å². The van der Waals surface area contributed by atoms with Crippen LogP contribution in [0.3, 0.4) is 0 Å². The van der Waals surface area contributed by atoms with E-state index in [1.54, 1.807) is 12.1 Å². The van der Waals surface area contributed by atoms with Crippen LogP contribution in [0.25, 0.3) is 0 Å². The average molecular weight is 414 g/mol. The third-order valence-electron chi connectivity index (χ3n) is 3.06. The van der Waals surface area contributed by atoms with Gasteiger partial charge in [0.15, 0.2) is 11.5 Å². The molecule has 0 aliphatic carbocycles. The van der Waals surface area contributed by atoms with Crippen LogP contribution in [-0.4, -0.2) is 24.1 Å². The number of rotatable bonds is 7. The zero-order chi connectivity index (χ0) is 17.5. The summed E-state index contributed by atoms with van der Waals surface area (Å²) < 4.78 is 11.9. The Hall–Kier alpha value is -1.79. The summed E-state index contributed by atoms with van der Waals surface area (Å²) in [4.78, 5) is 16.3. The maximum absolute atomic E-state index is 12.2. The maximum atomic E-state index is 12.2. The largest absolute Gasteiger partial charge is 0.490 e. The lowest BCUT2D eigenvalue weighted by Gasteiger charge is -2.14. The number of aromatic nitrogens is 1. The molecule has 0 bridgehead atoms. The summed E-state index contributed by atoms with van der Waals surface area (Å²) in [5, 5.41) is 3.25. The van der Waals surface area contributed by atoms with Crippen molar-refractivity contribution in [1.29, 1.82) is 0 Å². The first kappa shape index (κ1) is 18.5. The number of hydrogen-bond donors (Lipinski definition) is 1. The Labute approximate surface area is 154 Å². The molecule has 128 valence electrons. The van der Waals surface area contributed by atoms with Gasteiger partial charge in [0.2, 0.25) is 5.91 Å². The predicted octanol–water partition coefficient (Wildman–Crippen LogP) is 4.48. The predicted molar refractivity (Wildman–Crippen MR) is 98.1 cm³/mol. The van der Waals surface area contributed by atoms with Gasteiger partial charge in [0.05, 0.1) is 24.7 Å². The molecule has 1 heterocycles. The molecule has 0 aliphatic rings. The van der Waals surface area contributed by atoms with E-state index in [1.165, 1.54) is 6.20 Å². The summed E-state index contributed by atoms with van der Waals surface area (Å²) in [7, 11) is 0. The lowest BCUT2D eigenvalue weighted by Crippen LogP contribution is -2.15. The minimum atomic E-state index is -0.183. The van der Waals surface area contributed by atoms with Gasteiger partial charge in [-0.1, -0.05) is 27.5 Å². The Kier molecular flexibility index (Phi) is 6.87. The van der Waals surface area contributed by atoms with Crippen molar-refractivity contribution in [3.8, 4) is 11.5 Å². The number of carbonyl (C=O) groups excluding carboxylic acids is 1. The van der Waals surface area contributed by atoms with Gasteiger partial charge in [-0.2, -0.15) is 0 Å². The number of halogens is 2. The van der Waals surface area contributed by atoms with Crippen LogP contribution in [0.15, 0.2) is 34.9 Å². The lowest BCUT2D eigenvalue weighted by molar-refractivity contribution is -0.115. The highest BCUT2D eigenvalue weighted by Crippen LogP contribution is 2.34. The van der Waals surface area contributed by atoms with E-state index in [2.05, 4.69) is 26.2 Å². The number of anilines is 1. The van der Waals surface area contributed by atoms with Crippen LogP contribution in [0, 0.1) is 0 Å². The molecule has 0 saturated heterocycles. The van der Waals surface area contributed by atoms with Gasteiger partial charge in [-0.15, -0.1) is 0 Å². The number of nitrogens with zero attached hydrogens (tertiary/aromatic N) is 1. The molecule has 7 heteroatoms. The Morgan fingerprint density at radius 2 is 1.88 bits per heavy atom. The molecule has 0 spiro atoms. The maximum Gasteiger partial charge on any atom is 0.229 e. The van der Waals surface area contributed by atoms with Crippen molar-refractivity contribution in [2.24, 2.45) is 0 Å². The molecule has 0 fully saturated rings. The molecule has 2 rings (SSSR count). The number of nitrogens with one attached hydrogen (secondary N) is 1. The molecule has 0 atom stereocenters. The third-order valence-corrected chi connectivity index (χ3v) is 4.02. The fourth-order valence-electron chi connectivity index (χ4n) is 2.06. The van der Waals surface area contributed by atoms with Gasteiger partial charge in [-0.3, -0.25) is 4.79 Å². The molecule has 2 aromatic rings. The van der Waals surface area contributed by atoms with Crippen LogP contribution >= 0.6 is 27.5 Å². The highest BCUT2D eigenvalue weighted by Gasteiger charge is 2.14. The number of pyridine rings is 1. The molecular weight excluding hydrogens is 396 g/mol. The molecule has 0 unspecified atom stereocenters. The standard InChI is InChI=1S/C17H18BrClN2O3/c1-3-23-14-7-11(13(18)9-15(14)24-4-2)8-17(22)21-16-6-5-12(19)10-20-16/h5-7,9-10H,3-4,8H2,1-2H3,(H,20,21,22). The van der Waals surface area contributed by atoms with Gasteiger partial charge < -0.3 is 14.8 Å². The minimum absolute atomic E-state index is 0.178. The third kappa shape index (κ3) is 5.11. The monoisotopic (exact) mass is 412 g/mol. The van der Waals surface area contributed by atoms with Crippen molar-refractivity contribution in [1.82, 2.24) is 4.98 Å². The summed E-state index contributed by atoms with van der Waals surface area (Å²) in [6, 6.07) is 6.95. The number of benzene rings is 1. The van der Waals surface area contributed by atoms with Gasteiger partial charge in [-0.25, -0.2) is 4.98 Å². The molecule has 0 saturated carbocycles. The van der Waals surface area contributed by atoms with E-state index in [1.807, 2.05) is 26.0 Å². The molecule has 1 aromatic heterocycles. The summed E-state index contributed by atoms with van der Waals surface area (Å²) >= 11 is 9.26. The fraction of sp³-hybridized carbons (Fsp3) is 0.294. The van der Waals surface area contributed by atoms with Crippen LogP contribution in [0.1, 0.15) is 19.4 Å². The van der Waals surface area contributed by atoms with Crippen molar-refractivity contribution >= 4 is 39.3 Å². The summed E-state index contributed by atoms with van der Waals surface area (Å²) in [6.45, 7) is 4.86. The van der Waals surface area contributed by atoms with E-state index < -0.39 is 0 Å². The first-order valence-electron chi connectivity index (χ1n) is 7.52. The molecular formula is C17H18BrClN2O3. The molecule has 5 nitrogen and oxygen atoms in total. The van der Waals surface area contributed by atoms with Crippen LogP contribution in [0.2, 0.25) is 5.02 Å². The van der Waals surface area contributed by atoms with Crippen molar-refractivity contribution < 1.29 is 14.3 Å². The van der Waals surface area contributed by atoms with E-state index in [4.69, 9.17) is 21.1 Å². The summed E-state index contributed by atoms with van der Waals surface area (Å²) in [5.74, 6) is 1.54. The van der Waals surface area contributed by atoms with E-state index in [0.29, 0.717) is 35.6 Å². The van der Waals surface area contributed by atoms with Crippen LogP contribution in [-0.2, 0) is 11.2 Å². The van der Waals surface area contributed by atoms with Crippen molar-refractivity contribution in [2.45, 2.75) is 20.3 Å². The van der Waals surface area contributed by atoms with E-state index in [0.717, 1.165) is 10.0 Å². The van der Waals surface area contributed by atoms with Crippen molar-refractivity contribution in [3.63, 3.8) is 0 Å². The van der Waals surface area contributed by atoms with Gasteiger partial charge in [0.25, 0.3) is 0 Å². The number of hydrogen-bond acceptors (Lipinski definition) is 4. The van der Waals surface area contributed by atoms with E-state index in [-0.39, 0.29) is 12.3 Å². The molecule has 0 aliphatic heterocycles. The topological polar surface area (TPSA) is 60.5 Å². The van der Waals surface area contributed by atoms with Crippen LogP contribution in [0.4, 0.5) is 5.82 Å². The van der Waals surface area contributed by atoms with E-state index >= 15 is 0 Å².